The quantitative estimate of drug-likeness (QED) is 0.0177. The number of benzene rings is 8. The van der Waals surface area contributed by atoms with Gasteiger partial charge in [0.15, 0.2) is 33.1 Å². The summed E-state index contributed by atoms with van der Waals surface area (Å²) in [6, 6.07) is 50.0. The van der Waals surface area contributed by atoms with Gasteiger partial charge in [0.25, 0.3) is 5.91 Å². The van der Waals surface area contributed by atoms with Gasteiger partial charge in [-0.05, 0) is 240 Å². The summed E-state index contributed by atoms with van der Waals surface area (Å²) in [5.41, 5.74) is 8.64. The van der Waals surface area contributed by atoms with Gasteiger partial charge in [0.05, 0.1) is 123 Å². The highest BCUT2D eigenvalue weighted by molar-refractivity contribution is 7.92. The van der Waals surface area contributed by atoms with Crippen LogP contribution in [-0.4, -0.2) is 272 Å². The molecule has 147 heavy (non-hydrogen) atoms. The van der Waals surface area contributed by atoms with Crippen LogP contribution in [0.25, 0.3) is 0 Å². The number of carbonyl (C=O) groups excluding carboxylic acids is 2. The van der Waals surface area contributed by atoms with Crippen LogP contribution in [0.5, 0.6) is 28.7 Å². The molecule has 0 bridgehead atoms. The molecule has 4 fully saturated rings. The SMILES string of the molecule is CC(C)S(=O)(=O)c1ccccc1Nc1nc(Nc2ccc(P(C)(C)=O)cc2)ncc1Cl.COc1cc(N2CCC(N3CCN(C)CC3)CC2)ccc1Nc1ncc(Cl)c(Nc2ccc(C(=O)N3CCP(C)(=O)CC3)cc2OC)n1.COc1cc(OCC2CC2)ccc1Nc1ncc(Cl)c(Nc2ccccc2P(C)(C)=O)n1.COc1cc2c(cc1Nc1ncc(Cl)c(Nc3ccccc3P(C)(C)=O)n1)N(C(=O)CN(C)C)CC2. The molecule has 17 rings (SSSR count). The van der Waals surface area contributed by atoms with E-state index in [1.54, 1.807) is 159 Å². The summed E-state index contributed by atoms with van der Waals surface area (Å²) in [5, 5.41) is 28.2. The molecule has 0 spiro atoms. The van der Waals surface area contributed by atoms with Crippen molar-refractivity contribution in [3.05, 3.63) is 220 Å². The number of likely N-dealkylation sites (N-methyl/N-ethyl adjacent to an activating group) is 2. The molecular formula is C103H126Cl4N22O13P4S. The fourth-order valence-corrected chi connectivity index (χ4v) is 23.1. The average molecular weight is 2180 g/mol. The van der Waals surface area contributed by atoms with Gasteiger partial charge in [-0.25, -0.2) is 28.4 Å². The molecule has 2 amide bonds. The minimum absolute atomic E-state index is 0.0342. The van der Waals surface area contributed by atoms with E-state index >= 15 is 0 Å². The summed E-state index contributed by atoms with van der Waals surface area (Å²) in [6.45, 7) is 24.7. The van der Waals surface area contributed by atoms with Crippen molar-refractivity contribution >= 4 is 216 Å². The summed E-state index contributed by atoms with van der Waals surface area (Å²) in [5.74, 6) is 6.44. The van der Waals surface area contributed by atoms with Gasteiger partial charge in [0, 0.05) is 128 Å². The van der Waals surface area contributed by atoms with Crippen LogP contribution < -0.4 is 91.9 Å². The van der Waals surface area contributed by atoms with E-state index in [1.165, 1.54) is 37.6 Å². The molecule has 0 unspecified atom stereocenters. The number of methoxy groups -OCH3 is 4. The maximum absolute atomic E-state index is 13.2. The van der Waals surface area contributed by atoms with E-state index in [0.29, 0.717) is 169 Å². The Kier molecular flexibility index (Phi) is 37.0. The number of anilines is 18. The van der Waals surface area contributed by atoms with Crippen LogP contribution in [0.4, 0.5) is 104 Å². The average Bonchev–Trinajstić information content (AvgIpc) is 1.65. The van der Waals surface area contributed by atoms with Crippen LogP contribution in [0.3, 0.4) is 0 Å². The zero-order chi connectivity index (χ0) is 105. The molecule has 780 valence electrons. The van der Waals surface area contributed by atoms with Crippen LogP contribution in [0.15, 0.2) is 193 Å². The normalized spacial score (nSPS) is 14.9. The van der Waals surface area contributed by atoms with Crippen LogP contribution >= 0.6 is 75.0 Å². The number of sulfone groups is 1. The number of piperazine rings is 1. The van der Waals surface area contributed by atoms with Crippen LogP contribution in [0.2, 0.25) is 20.1 Å². The Labute approximate surface area is 879 Å². The molecule has 12 aromatic rings. The molecule has 35 nitrogen and oxygen atoms in total. The maximum atomic E-state index is 13.2. The first-order valence-corrected chi connectivity index (χ1v) is 61.3. The third kappa shape index (κ3) is 29.6. The molecular weight excluding hydrogens is 2050 g/mol. The molecule has 8 N–H and O–H groups in total. The lowest BCUT2D eigenvalue weighted by Crippen LogP contribution is -2.52. The van der Waals surface area contributed by atoms with E-state index < -0.39 is 43.7 Å². The Bertz CT molecular complexity index is 7050. The van der Waals surface area contributed by atoms with Gasteiger partial charge >= 0.3 is 0 Å². The van der Waals surface area contributed by atoms with E-state index in [1.807, 2.05) is 111 Å². The number of ether oxygens (including phenoxy) is 5. The smallest absolute Gasteiger partial charge is 0.254 e. The van der Waals surface area contributed by atoms with Gasteiger partial charge in [-0.2, -0.15) is 19.9 Å². The van der Waals surface area contributed by atoms with Crippen molar-refractivity contribution in [1.29, 1.82) is 0 Å². The van der Waals surface area contributed by atoms with Crippen molar-refractivity contribution in [3.63, 3.8) is 0 Å². The van der Waals surface area contributed by atoms with Gasteiger partial charge in [0.1, 0.15) is 70.3 Å². The van der Waals surface area contributed by atoms with E-state index in [9.17, 15) is 36.3 Å². The van der Waals surface area contributed by atoms with Crippen molar-refractivity contribution < 1.29 is 60.0 Å². The lowest BCUT2D eigenvalue weighted by Gasteiger charge is -2.42. The van der Waals surface area contributed by atoms with Gasteiger partial charge in [0.2, 0.25) is 29.7 Å². The molecule has 8 aromatic carbocycles. The van der Waals surface area contributed by atoms with Gasteiger partial charge in [-0.15, -0.1) is 0 Å². The number of amides is 2. The second-order valence-corrected chi connectivity index (χ2v) is 55.2. The molecule has 4 aliphatic heterocycles. The number of hydrogen-bond donors (Lipinski definition) is 8. The Hall–Kier alpha value is -11.9. The predicted molar refractivity (Wildman–Crippen MR) is 598 cm³/mol. The minimum atomic E-state index is -3.50. The van der Waals surface area contributed by atoms with E-state index in [0.717, 1.165) is 104 Å². The molecule has 3 saturated heterocycles. The number of nitrogens with zero attached hydrogens (tertiary/aromatic N) is 14. The molecule has 1 saturated carbocycles. The summed E-state index contributed by atoms with van der Waals surface area (Å²) < 4.78 is 104. The summed E-state index contributed by atoms with van der Waals surface area (Å²) in [4.78, 5) is 74.2. The lowest BCUT2D eigenvalue weighted by atomic mass is 10.0. The third-order valence-electron chi connectivity index (χ3n) is 25.2. The number of hydrogen-bond acceptors (Lipinski definition) is 33. The van der Waals surface area contributed by atoms with Crippen molar-refractivity contribution in [2.24, 2.45) is 5.92 Å². The number of para-hydroxylation sites is 3. The fraction of sp³-hybridized carbons (Fsp3) is 0.359. The molecule has 0 radical (unpaired) electrons. The molecule has 5 aliphatic rings. The standard InChI is InChI=1S/C34H46ClN8O4P.C25H30ClN6O3P.C23H26ClN4O3P.C21H24ClN4O3PS/c1-40-13-15-42(16-14-40)25-9-11-41(12-10-25)26-6-8-29(31(22-26)47-3)38-34-36-23-27(35)32(39-34)37-28-7-5-24(21-30(28)46-2)33(44)43-17-19-48(4,45)20-18-43;1-31(2)15-23(33)32-11-10-16-12-21(35-3)19(13-20(16)32)29-25-27-14-17(26)24(30-25)28-18-8-6-7-9-22(18)36(4,5)34;1-30-20-12-16(31-14-15-8-9-15)10-11-18(20)27-23-25-13-17(24)22(28-23)26-19-6-4-5-7-21(19)32(2,3)29;1-14(2)31(28,29)19-8-6-5-7-18(19)25-20-17(22)13-23-21(26-20)24-15-9-11-16(12-10-15)30(3,4)27/h5-8,21-23,25H,9-20H2,1-4H3,(H2,36,37,38,39);6-9,12-14H,10-11,15H2,1-5H3,(H2,27,28,29,30);4-7,10-13,15H,8-9,14H2,1-3H3,(H2,25,26,27,28);5-14H,1-4H3,(H2,23,24,25,26). The van der Waals surface area contributed by atoms with E-state index in [4.69, 9.17) is 70.1 Å². The second-order valence-electron chi connectivity index (χ2n) is 38.0. The first-order chi connectivity index (χ1) is 70.0. The number of halogens is 4. The Morgan fingerprint density at radius 3 is 1.44 bits per heavy atom. The third-order valence-corrected chi connectivity index (χ3v) is 35.4. The highest BCUT2D eigenvalue weighted by atomic mass is 35.5. The maximum Gasteiger partial charge on any atom is 0.254 e. The highest BCUT2D eigenvalue weighted by Gasteiger charge is 2.34. The lowest BCUT2D eigenvalue weighted by molar-refractivity contribution is -0.119. The van der Waals surface area contributed by atoms with Crippen LogP contribution in [-0.2, 0) is 39.3 Å². The van der Waals surface area contributed by atoms with Crippen molar-refractivity contribution in [3.8, 4) is 28.7 Å². The van der Waals surface area contributed by atoms with E-state index in [2.05, 4.69) is 116 Å². The fourth-order valence-electron chi connectivity index (χ4n) is 16.7. The first-order valence-electron chi connectivity index (χ1n) is 47.9. The monoisotopic (exact) mass is 2170 g/mol. The highest BCUT2D eigenvalue weighted by Crippen LogP contribution is 2.47. The largest absolute Gasteiger partial charge is 0.495 e. The Morgan fingerprint density at radius 1 is 0.490 bits per heavy atom. The number of aromatic nitrogens is 8. The minimum Gasteiger partial charge on any atom is -0.495 e. The molecule has 8 heterocycles. The number of carbonyl (C=O) groups is 2. The first kappa shape index (κ1) is 111. The van der Waals surface area contributed by atoms with Crippen molar-refractivity contribution in [2.45, 2.75) is 62.1 Å². The zero-order valence-electron chi connectivity index (χ0n) is 85.1. The van der Waals surface area contributed by atoms with Crippen molar-refractivity contribution in [2.75, 3.05) is 233 Å². The molecule has 44 heteroatoms. The number of fused-ring (bicyclic) bond motifs is 1. The second kappa shape index (κ2) is 49.1. The summed E-state index contributed by atoms with van der Waals surface area (Å²) in [7, 11) is -0.651. The van der Waals surface area contributed by atoms with Gasteiger partial charge in [-0.1, -0.05) is 82.8 Å². The number of rotatable bonds is 33. The summed E-state index contributed by atoms with van der Waals surface area (Å²) in [6.07, 6.45) is 12.6. The molecule has 0 atom stereocenters. The number of nitrogens with one attached hydrogen (secondary N) is 8. The van der Waals surface area contributed by atoms with E-state index in [-0.39, 0.29) is 39.4 Å². The Morgan fingerprint density at radius 2 is 0.939 bits per heavy atom. The molecule has 4 aromatic heterocycles. The molecule has 1 aliphatic carbocycles. The van der Waals surface area contributed by atoms with Crippen LogP contribution in [0, 0.1) is 5.92 Å². The summed E-state index contributed by atoms with van der Waals surface area (Å²) >= 11 is 25.5. The number of piperidine rings is 1. The van der Waals surface area contributed by atoms with Gasteiger partial charge in [-0.3, -0.25) is 14.5 Å². The topological polar surface area (TPSA) is 402 Å². The van der Waals surface area contributed by atoms with Gasteiger partial charge < -0.3 is 109 Å². The van der Waals surface area contributed by atoms with Crippen LogP contribution in [0.1, 0.15) is 55.5 Å². The Balaban J connectivity index is 0.000000157. The predicted octanol–water partition coefficient (Wildman–Crippen LogP) is 20.3. The zero-order valence-corrected chi connectivity index (χ0v) is 92.6. The van der Waals surface area contributed by atoms with Crippen molar-refractivity contribution in [1.82, 2.24) is 59.5 Å².